The number of hydrogen-bond donors (Lipinski definition) is 3. The zero-order chi connectivity index (χ0) is 21.6. The largest absolute Gasteiger partial charge is 0.379 e. The average molecular weight is 416 g/mol. The van der Waals surface area contributed by atoms with Gasteiger partial charge in [0, 0.05) is 31.5 Å². The van der Waals surface area contributed by atoms with E-state index >= 15 is 0 Å². The molecule has 3 N–H and O–H groups in total. The van der Waals surface area contributed by atoms with Gasteiger partial charge in [-0.15, -0.1) is 0 Å². The molecule has 1 saturated heterocycles. The highest BCUT2D eigenvalue weighted by Gasteiger charge is 2.18. The molecule has 0 bridgehead atoms. The van der Waals surface area contributed by atoms with Crippen LogP contribution in [0.15, 0.2) is 42.9 Å². The van der Waals surface area contributed by atoms with Gasteiger partial charge in [0.1, 0.15) is 17.7 Å². The molecule has 10 heteroatoms. The van der Waals surface area contributed by atoms with Crippen LogP contribution in [0, 0.1) is 11.3 Å². The molecule has 1 aliphatic heterocycles. The Morgan fingerprint density at radius 2 is 2.13 bits per heavy atom. The fourth-order valence-electron chi connectivity index (χ4n) is 3.08. The zero-order valence-electron chi connectivity index (χ0n) is 16.8. The Bertz CT molecular complexity index is 1120. The number of aromatic nitrogens is 4. The van der Waals surface area contributed by atoms with E-state index < -0.39 is 0 Å². The van der Waals surface area contributed by atoms with Gasteiger partial charge in [0.25, 0.3) is 0 Å². The van der Waals surface area contributed by atoms with Crippen molar-refractivity contribution >= 4 is 29.2 Å². The number of rotatable bonds is 6. The molecule has 0 aromatic carbocycles. The fourth-order valence-corrected chi connectivity index (χ4v) is 3.08. The molecule has 0 spiro atoms. The van der Waals surface area contributed by atoms with Crippen LogP contribution in [-0.4, -0.2) is 45.1 Å². The Morgan fingerprint density at radius 3 is 2.84 bits per heavy atom. The Balaban J connectivity index is 1.51. The van der Waals surface area contributed by atoms with Crippen LogP contribution in [0.3, 0.4) is 0 Å². The molecule has 0 radical (unpaired) electrons. The van der Waals surface area contributed by atoms with Crippen LogP contribution in [0.4, 0.5) is 23.3 Å². The molecule has 0 saturated carbocycles. The second-order valence-corrected chi connectivity index (χ2v) is 6.94. The summed E-state index contributed by atoms with van der Waals surface area (Å²) in [7, 11) is 0. The van der Waals surface area contributed by atoms with Gasteiger partial charge >= 0.3 is 0 Å². The molecule has 156 valence electrons. The van der Waals surface area contributed by atoms with Gasteiger partial charge in [0.2, 0.25) is 11.9 Å². The van der Waals surface area contributed by atoms with Crippen molar-refractivity contribution < 1.29 is 9.53 Å². The van der Waals surface area contributed by atoms with Gasteiger partial charge in [-0.1, -0.05) is 0 Å². The molecule has 1 amide bonds. The molecular weight excluding hydrogens is 396 g/mol. The third-order valence-corrected chi connectivity index (χ3v) is 4.55. The number of carbonyl (C=O) groups excluding carboxylic acids is 1. The lowest BCUT2D eigenvalue weighted by molar-refractivity contribution is -0.114. The van der Waals surface area contributed by atoms with Gasteiger partial charge in [-0.3, -0.25) is 4.79 Å². The summed E-state index contributed by atoms with van der Waals surface area (Å²) in [6.45, 7) is 2.74. The van der Waals surface area contributed by atoms with Crippen LogP contribution < -0.4 is 16.0 Å². The van der Waals surface area contributed by atoms with Gasteiger partial charge in [0.05, 0.1) is 35.8 Å². The second kappa shape index (κ2) is 9.15. The van der Waals surface area contributed by atoms with Gasteiger partial charge in [-0.05, 0) is 30.7 Å². The van der Waals surface area contributed by atoms with E-state index in [1.165, 1.54) is 6.92 Å². The maximum Gasteiger partial charge on any atom is 0.227 e. The minimum Gasteiger partial charge on any atom is -0.379 e. The summed E-state index contributed by atoms with van der Waals surface area (Å²) in [5.74, 6) is 1.18. The highest BCUT2D eigenvalue weighted by molar-refractivity contribution is 5.87. The standard InChI is InChI=1S/C21H20N8O2/c1-13(30)26-19-3-2-16(11-24-19)28-21-23-6-4-18(29-21)15-8-14(9-22)20(25-10-15)27-17-5-7-31-12-17/h2-4,6,8,10-11,17H,5,7,12H2,1H3,(H,25,27)(H,23,28,29)(H,24,26,30). The molecule has 1 fully saturated rings. The average Bonchev–Trinajstić information content (AvgIpc) is 3.28. The molecule has 1 atom stereocenters. The molecule has 0 aliphatic carbocycles. The monoisotopic (exact) mass is 416 g/mol. The van der Waals surface area contributed by atoms with Crippen LogP contribution in [-0.2, 0) is 9.53 Å². The van der Waals surface area contributed by atoms with Crippen LogP contribution in [0.5, 0.6) is 0 Å². The molecular formula is C21H20N8O2. The van der Waals surface area contributed by atoms with E-state index in [0.29, 0.717) is 53.3 Å². The lowest BCUT2D eigenvalue weighted by Crippen LogP contribution is -2.20. The third-order valence-electron chi connectivity index (χ3n) is 4.55. The third kappa shape index (κ3) is 5.09. The van der Waals surface area contributed by atoms with Crippen molar-refractivity contribution in [2.45, 2.75) is 19.4 Å². The maximum atomic E-state index is 11.1. The van der Waals surface area contributed by atoms with Crippen molar-refractivity contribution in [2.24, 2.45) is 0 Å². The highest BCUT2D eigenvalue weighted by Crippen LogP contribution is 2.24. The number of hydrogen-bond acceptors (Lipinski definition) is 9. The first-order valence-electron chi connectivity index (χ1n) is 9.69. The number of anilines is 4. The van der Waals surface area contributed by atoms with Crippen LogP contribution in [0.1, 0.15) is 18.9 Å². The fraction of sp³-hybridized carbons (Fsp3) is 0.238. The van der Waals surface area contributed by atoms with E-state index in [9.17, 15) is 10.1 Å². The summed E-state index contributed by atoms with van der Waals surface area (Å²) in [6, 6.07) is 9.29. The summed E-state index contributed by atoms with van der Waals surface area (Å²) in [4.78, 5) is 28.4. The topological polar surface area (TPSA) is 138 Å². The van der Waals surface area contributed by atoms with Gasteiger partial charge in [-0.25, -0.2) is 19.9 Å². The van der Waals surface area contributed by atoms with Gasteiger partial charge in [0.15, 0.2) is 0 Å². The first-order valence-corrected chi connectivity index (χ1v) is 9.69. The summed E-state index contributed by atoms with van der Waals surface area (Å²) >= 11 is 0. The van der Waals surface area contributed by atoms with E-state index in [0.717, 1.165) is 6.42 Å². The van der Waals surface area contributed by atoms with Crippen molar-refractivity contribution in [1.82, 2.24) is 19.9 Å². The first kappa shape index (κ1) is 20.2. The normalized spacial score (nSPS) is 15.2. The van der Waals surface area contributed by atoms with Crippen LogP contribution in [0.25, 0.3) is 11.3 Å². The highest BCUT2D eigenvalue weighted by atomic mass is 16.5. The number of pyridine rings is 2. The minimum atomic E-state index is -0.188. The molecule has 1 aliphatic rings. The van der Waals surface area contributed by atoms with Crippen molar-refractivity contribution in [2.75, 3.05) is 29.2 Å². The smallest absolute Gasteiger partial charge is 0.227 e. The molecule has 4 rings (SSSR count). The first-order chi connectivity index (χ1) is 15.1. The Hall–Kier alpha value is -4.10. The minimum absolute atomic E-state index is 0.158. The van der Waals surface area contributed by atoms with E-state index in [4.69, 9.17) is 4.74 Å². The van der Waals surface area contributed by atoms with E-state index in [2.05, 4.69) is 42.0 Å². The van der Waals surface area contributed by atoms with E-state index in [-0.39, 0.29) is 11.9 Å². The van der Waals surface area contributed by atoms with Crippen molar-refractivity contribution in [3.05, 3.63) is 48.4 Å². The predicted octanol–water partition coefficient (Wildman–Crippen LogP) is 2.71. The summed E-state index contributed by atoms with van der Waals surface area (Å²) in [6.07, 6.45) is 5.76. The van der Waals surface area contributed by atoms with Gasteiger partial charge in [-0.2, -0.15) is 5.26 Å². The second-order valence-electron chi connectivity index (χ2n) is 6.94. The van der Waals surface area contributed by atoms with Crippen molar-refractivity contribution in [1.29, 1.82) is 5.26 Å². The molecule has 3 aromatic heterocycles. The van der Waals surface area contributed by atoms with Gasteiger partial charge < -0.3 is 20.7 Å². The van der Waals surface area contributed by atoms with Crippen molar-refractivity contribution in [3.63, 3.8) is 0 Å². The van der Waals surface area contributed by atoms with E-state index in [1.807, 2.05) is 0 Å². The Kier molecular flexibility index (Phi) is 5.96. The SMILES string of the molecule is CC(=O)Nc1ccc(Nc2nccc(-c3cnc(NC4CCOC4)c(C#N)c3)n2)cn1. The van der Waals surface area contributed by atoms with E-state index in [1.54, 1.807) is 42.9 Å². The van der Waals surface area contributed by atoms with Crippen LogP contribution >= 0.6 is 0 Å². The maximum absolute atomic E-state index is 11.1. The summed E-state index contributed by atoms with van der Waals surface area (Å²) in [5.41, 5.74) is 2.44. The number of amides is 1. The molecule has 1 unspecified atom stereocenters. The molecule has 31 heavy (non-hydrogen) atoms. The number of nitrogens with one attached hydrogen (secondary N) is 3. The lowest BCUT2D eigenvalue weighted by atomic mass is 10.1. The molecule has 3 aromatic rings. The number of carbonyl (C=O) groups is 1. The summed E-state index contributed by atoms with van der Waals surface area (Å²) < 4.78 is 5.36. The number of ether oxygens (including phenoxy) is 1. The lowest BCUT2D eigenvalue weighted by Gasteiger charge is -2.13. The summed E-state index contributed by atoms with van der Waals surface area (Å²) in [5, 5.41) is 18.5. The molecule has 10 nitrogen and oxygen atoms in total. The zero-order valence-corrected chi connectivity index (χ0v) is 16.8. The quantitative estimate of drug-likeness (QED) is 0.553. The Morgan fingerprint density at radius 1 is 1.23 bits per heavy atom. The molecule has 4 heterocycles. The van der Waals surface area contributed by atoms with Crippen molar-refractivity contribution in [3.8, 4) is 17.3 Å². The number of nitrogens with zero attached hydrogens (tertiary/aromatic N) is 5. The Labute approximate surface area is 178 Å². The number of nitriles is 1. The predicted molar refractivity (Wildman–Crippen MR) is 115 cm³/mol. The van der Waals surface area contributed by atoms with Crippen LogP contribution in [0.2, 0.25) is 0 Å².